The zero-order chi connectivity index (χ0) is 68.1. The summed E-state index contributed by atoms with van der Waals surface area (Å²) < 4.78 is 74.9. The molecule has 4 heterocycles. The molecular weight excluding hydrogens is 1230 g/mol. The zero-order valence-corrected chi connectivity index (χ0v) is 50.2. The molecule has 0 aromatic heterocycles. The minimum atomic E-state index is -3.95. The van der Waals surface area contributed by atoms with Crippen LogP contribution in [0.2, 0.25) is 0 Å². The highest BCUT2D eigenvalue weighted by Crippen LogP contribution is 2.39. The molecule has 2 aliphatic carbocycles. The van der Waals surface area contributed by atoms with Gasteiger partial charge in [-0.15, -0.1) is 0 Å². The van der Waals surface area contributed by atoms with Crippen LogP contribution in [0.3, 0.4) is 0 Å². The van der Waals surface area contributed by atoms with E-state index in [0.717, 1.165) is 0 Å². The molecule has 4 aliphatic heterocycles. The fourth-order valence-corrected chi connectivity index (χ4v) is 12.0. The lowest BCUT2D eigenvalue weighted by Gasteiger charge is -2.49. The predicted molar refractivity (Wildman–Crippen MR) is 306 cm³/mol. The Morgan fingerprint density at radius 2 is 0.857 bits per heavy atom. The summed E-state index contributed by atoms with van der Waals surface area (Å²) in [4.78, 5) is 25.6. The van der Waals surface area contributed by atoms with Crippen LogP contribution in [-0.2, 0) is 47.5 Å². The maximum Gasteiger partial charge on any atom is 0.292 e. The summed E-state index contributed by atoms with van der Waals surface area (Å²) in [5.41, 5.74) is 57.6. The van der Waals surface area contributed by atoms with Gasteiger partial charge in [0.1, 0.15) is 104 Å². The summed E-state index contributed by atoms with van der Waals surface area (Å²) >= 11 is 0. The Morgan fingerprint density at radius 1 is 0.495 bits per heavy atom. The van der Waals surface area contributed by atoms with Crippen molar-refractivity contribution in [2.45, 2.75) is 234 Å². The number of nitrogens with two attached hydrogens (primary N) is 10. The second kappa shape index (κ2) is 36.4. The Balaban J connectivity index is 0.000000331. The Hall–Kier alpha value is -2.20. The monoisotopic (exact) mass is 1330 g/mol. The quantitative estimate of drug-likeness (QED) is 0.0297. The second-order valence-electron chi connectivity index (χ2n) is 24.0. The number of ketones is 2. The van der Waals surface area contributed by atoms with Crippen LogP contribution in [0.4, 0.5) is 8.78 Å². The van der Waals surface area contributed by atoms with Gasteiger partial charge in [-0.1, -0.05) is 0 Å². The maximum absolute atomic E-state index is 14.1. The first-order valence-corrected chi connectivity index (χ1v) is 30.4. The van der Waals surface area contributed by atoms with Gasteiger partial charge >= 0.3 is 0 Å². The summed E-state index contributed by atoms with van der Waals surface area (Å²) in [6, 6.07) is -6.88. The summed E-state index contributed by atoms with van der Waals surface area (Å²) in [5, 5.41) is 163. The third-order valence-electron chi connectivity index (χ3n) is 17.5. The number of hydrogen-bond acceptors (Lipinski definition) is 37. The number of Topliss-reactive ketones (excluding diaryl/α,β-unsaturated/α-hetero) is 2. The lowest BCUT2D eigenvalue weighted by molar-refractivity contribution is -0.324. The molecule has 0 amide bonds. The zero-order valence-electron chi connectivity index (χ0n) is 50.2. The van der Waals surface area contributed by atoms with Crippen molar-refractivity contribution >= 4 is 11.6 Å². The molecule has 0 spiro atoms. The number of hydrogen-bond donors (Lipinski definition) is 27. The van der Waals surface area contributed by atoms with E-state index in [2.05, 4.69) is 10.6 Å². The first-order valence-electron chi connectivity index (χ1n) is 30.4. The van der Waals surface area contributed by atoms with Crippen LogP contribution < -0.4 is 68.0 Å². The summed E-state index contributed by atoms with van der Waals surface area (Å²) in [5.74, 6) is -8.23. The van der Waals surface area contributed by atoms with Crippen molar-refractivity contribution in [2.75, 3.05) is 65.6 Å². The van der Waals surface area contributed by atoms with Gasteiger partial charge in [0.25, 0.3) is 5.92 Å². The average molecular weight is 1330 g/mol. The molecule has 5 unspecified atom stereocenters. The van der Waals surface area contributed by atoms with E-state index in [1.165, 1.54) is 0 Å². The van der Waals surface area contributed by atoms with Crippen molar-refractivity contribution in [3.05, 3.63) is 0 Å². The summed E-state index contributed by atoms with van der Waals surface area (Å²) in [7, 11) is 0. The van der Waals surface area contributed by atoms with Gasteiger partial charge < -0.3 is 182 Å². The van der Waals surface area contributed by atoms with Crippen molar-refractivity contribution in [3.8, 4) is 0 Å². The SMILES string of the molecule is NCCCN[C@H]1[C@@H](OC2[C@@H](N)C[C@@H](CC(=O)C(O)C(F)(F)CN)[C@H](O[C@H]3O[C@H](CO)[C@@H](O)[C@H](N)[C@H]3O)[C@H]2O)O[C@H](CN)[C@@H](O)[C@@H]1O.NCCCN[C@H]1[C@@H](OC2[C@@H](N)C[C@@H](CC(=O)C(O)C(O)CN)[C@H](O[C@H]3O[C@H](CO)[C@@H](O)[C@H](N)[C@H]3O)[C@H]2O)O[C@H](CN)[C@@H](O)[C@@H]1O. The van der Waals surface area contributed by atoms with E-state index in [-0.39, 0.29) is 32.5 Å². The Bertz CT molecular complexity index is 2170. The van der Waals surface area contributed by atoms with Gasteiger partial charge in [0.05, 0.1) is 62.2 Å². The van der Waals surface area contributed by atoms with E-state index in [1.54, 1.807) is 0 Å². The van der Waals surface area contributed by atoms with Crippen molar-refractivity contribution in [3.63, 3.8) is 0 Å². The van der Waals surface area contributed by atoms with Crippen molar-refractivity contribution in [2.24, 2.45) is 69.2 Å². The molecule has 39 heteroatoms. The number of carbonyl (C=O) groups excluding carboxylic acids is 2. The van der Waals surface area contributed by atoms with Gasteiger partial charge in [-0.2, -0.15) is 0 Å². The molecule has 6 rings (SSSR count). The number of aliphatic hydroxyl groups excluding tert-OH is 15. The molecule has 6 fully saturated rings. The molecule has 0 aromatic carbocycles. The van der Waals surface area contributed by atoms with Gasteiger partial charge in [-0.05, 0) is 63.7 Å². The lowest BCUT2D eigenvalue weighted by Crippen LogP contribution is -2.68. The molecule has 37 N–H and O–H groups in total. The molecular formula is C52H102F2N12O25. The number of aliphatic hydroxyl groups is 15. The van der Waals surface area contributed by atoms with E-state index in [4.69, 9.17) is 95.2 Å². The average Bonchev–Trinajstić information content (AvgIpc) is 0.828. The van der Waals surface area contributed by atoms with Gasteiger partial charge in [-0.25, -0.2) is 8.78 Å². The predicted octanol–water partition coefficient (Wildman–Crippen LogP) is -15.6. The third kappa shape index (κ3) is 19.3. The van der Waals surface area contributed by atoms with Gasteiger partial charge in [0, 0.05) is 44.6 Å². The normalized spacial score (nSPS) is 43.5. The van der Waals surface area contributed by atoms with Gasteiger partial charge in [0.15, 0.2) is 42.8 Å². The van der Waals surface area contributed by atoms with Crippen molar-refractivity contribution in [1.82, 2.24) is 10.6 Å². The second-order valence-corrected chi connectivity index (χ2v) is 24.0. The van der Waals surface area contributed by atoms with Crippen molar-refractivity contribution in [1.29, 1.82) is 0 Å². The van der Waals surface area contributed by atoms with Gasteiger partial charge in [0.2, 0.25) is 0 Å². The number of rotatable bonds is 30. The molecule has 4 saturated heterocycles. The third-order valence-corrected chi connectivity index (χ3v) is 17.5. The van der Waals surface area contributed by atoms with E-state index in [1.807, 2.05) is 0 Å². The minimum Gasteiger partial charge on any atom is -0.394 e. The van der Waals surface area contributed by atoms with Crippen LogP contribution in [0.5, 0.6) is 0 Å². The first kappa shape index (κ1) is 79.5. The minimum absolute atomic E-state index is 0.0615. The highest BCUT2D eigenvalue weighted by Gasteiger charge is 2.56. The maximum atomic E-state index is 14.1. The lowest BCUT2D eigenvalue weighted by atomic mass is 9.76. The fourth-order valence-electron chi connectivity index (χ4n) is 12.0. The number of nitrogens with one attached hydrogen (secondary N) is 2. The fraction of sp³-hybridized carbons (Fsp3) is 0.962. The highest BCUT2D eigenvalue weighted by atomic mass is 19.3. The molecule has 37 nitrogen and oxygen atoms in total. The van der Waals surface area contributed by atoms with E-state index in [0.29, 0.717) is 32.5 Å². The Morgan fingerprint density at radius 3 is 1.20 bits per heavy atom. The number of carbonyl (C=O) groups is 2. The number of alkyl halides is 2. The number of ether oxygens (including phenoxy) is 8. The highest BCUT2D eigenvalue weighted by molar-refractivity contribution is 5.84. The summed E-state index contributed by atoms with van der Waals surface area (Å²) in [6.07, 6.45) is -38.4. The first-order chi connectivity index (χ1) is 42.9. The van der Waals surface area contributed by atoms with Crippen LogP contribution in [0.1, 0.15) is 38.5 Å². The van der Waals surface area contributed by atoms with Crippen LogP contribution in [-0.4, -0.2) is 349 Å². The largest absolute Gasteiger partial charge is 0.394 e. The number of halogens is 2. The molecule has 33 atom stereocenters. The van der Waals surface area contributed by atoms with Crippen LogP contribution >= 0.6 is 0 Å². The van der Waals surface area contributed by atoms with E-state index < -0.39 is 258 Å². The van der Waals surface area contributed by atoms with E-state index >= 15 is 0 Å². The Kier molecular flexibility index (Phi) is 31.8. The molecule has 0 radical (unpaired) electrons. The molecule has 0 aromatic rings. The van der Waals surface area contributed by atoms with Crippen LogP contribution in [0.25, 0.3) is 0 Å². The molecule has 0 bridgehead atoms. The molecule has 91 heavy (non-hydrogen) atoms. The molecule has 2 saturated carbocycles. The van der Waals surface area contributed by atoms with Crippen LogP contribution in [0.15, 0.2) is 0 Å². The topological polar surface area (TPSA) is 696 Å². The standard InChI is InChI=1S/C26H50F2N6O12.C26H52N6O13/c27-26(28,8-31)23(42)11(36)5-9-4-10(32)22(20(41)21(9)45-25-18(39)14(33)16(37)13(7-35)44-25)46-24-15(34-3-1-2-29)19(40)17(38)12(6-30)43-24;27-2-1-3-32-16-21(40)19(38)13(7-29)42-25(16)45-24-10(30)4-9(5-11(34)17(36)12(35)6-28)23(22(24)41)44-26-20(39)15(31)18(37)14(8-33)43-26/h9-10,12-25,34-35,37-42H,1-8,29-33H2;9-10,12-26,32-33,35-41H,1-8,27-31H2/t9-,10-,12+,13+,14-,15+,16+,17+,18+,19+,20+,21-,22?,23?,24+,25+;9-,10-,12?,13+,14+,15-,16+,17?,18+,19+,20+,21+,22+,23-,24?,25+,26+/m00/s1. The smallest absolute Gasteiger partial charge is 0.292 e. The molecule has 534 valence electrons. The molecule has 6 aliphatic rings. The Labute approximate surface area is 522 Å². The van der Waals surface area contributed by atoms with E-state index in [9.17, 15) is 95.0 Å². The van der Waals surface area contributed by atoms with Crippen LogP contribution in [0, 0.1) is 11.8 Å². The van der Waals surface area contributed by atoms with Crippen molar-refractivity contribution < 1.29 is 133 Å². The van der Waals surface area contributed by atoms with Gasteiger partial charge in [-0.3, -0.25) is 9.59 Å². The summed E-state index contributed by atoms with van der Waals surface area (Å²) in [6.45, 7) is -2.27.